The SMILES string of the molecule is CSc1cccc(NC(=O)CSc2nnc(Nc3cccc(C)c3)s2)c1. The van der Waals surface area contributed by atoms with Crippen molar-refractivity contribution < 1.29 is 4.79 Å². The first-order chi connectivity index (χ1) is 12.6. The highest BCUT2D eigenvalue weighted by molar-refractivity contribution is 8.01. The lowest BCUT2D eigenvalue weighted by molar-refractivity contribution is -0.113. The van der Waals surface area contributed by atoms with E-state index in [4.69, 9.17) is 0 Å². The largest absolute Gasteiger partial charge is 0.330 e. The molecule has 0 bridgehead atoms. The number of nitrogens with zero attached hydrogens (tertiary/aromatic N) is 2. The topological polar surface area (TPSA) is 66.9 Å². The number of nitrogens with one attached hydrogen (secondary N) is 2. The fourth-order valence-corrected chi connectivity index (χ4v) is 4.22. The summed E-state index contributed by atoms with van der Waals surface area (Å²) in [4.78, 5) is 13.2. The van der Waals surface area contributed by atoms with Crippen LogP contribution in [0.3, 0.4) is 0 Å². The van der Waals surface area contributed by atoms with Crippen molar-refractivity contribution >= 4 is 57.3 Å². The molecular weight excluding hydrogens is 384 g/mol. The standard InChI is InChI=1S/C18H18N4OS3/c1-12-5-3-6-13(9-12)20-17-21-22-18(26-17)25-11-16(23)19-14-7-4-8-15(10-14)24-2/h3-10H,11H2,1-2H3,(H,19,23)(H,20,21). The average Bonchev–Trinajstić information content (AvgIpc) is 3.07. The normalized spacial score (nSPS) is 10.5. The van der Waals surface area contributed by atoms with Crippen LogP contribution >= 0.6 is 34.9 Å². The zero-order valence-electron chi connectivity index (χ0n) is 14.4. The van der Waals surface area contributed by atoms with Gasteiger partial charge < -0.3 is 10.6 Å². The molecular formula is C18H18N4OS3. The third-order valence-electron chi connectivity index (χ3n) is 3.36. The van der Waals surface area contributed by atoms with Crippen LogP contribution in [-0.4, -0.2) is 28.1 Å². The predicted molar refractivity (Wildman–Crippen MR) is 112 cm³/mol. The Labute approximate surface area is 165 Å². The van der Waals surface area contributed by atoms with Gasteiger partial charge in [0, 0.05) is 16.3 Å². The Bertz CT molecular complexity index is 897. The molecule has 0 aliphatic heterocycles. The lowest BCUT2D eigenvalue weighted by atomic mass is 10.2. The predicted octanol–water partition coefficient (Wildman–Crippen LogP) is 5.04. The van der Waals surface area contributed by atoms with Gasteiger partial charge >= 0.3 is 0 Å². The van der Waals surface area contributed by atoms with Gasteiger partial charge in [-0.15, -0.1) is 22.0 Å². The fourth-order valence-electron chi connectivity index (χ4n) is 2.19. The third kappa shape index (κ3) is 5.48. The quantitative estimate of drug-likeness (QED) is 0.540. The zero-order valence-corrected chi connectivity index (χ0v) is 16.8. The lowest BCUT2D eigenvalue weighted by Crippen LogP contribution is -2.13. The van der Waals surface area contributed by atoms with Crippen molar-refractivity contribution in [3.05, 3.63) is 54.1 Å². The first-order valence-corrected chi connectivity index (χ1v) is 10.9. The Morgan fingerprint density at radius 3 is 2.73 bits per heavy atom. The molecule has 0 atom stereocenters. The van der Waals surface area contributed by atoms with Gasteiger partial charge in [0.1, 0.15) is 0 Å². The second-order valence-electron chi connectivity index (χ2n) is 5.44. The van der Waals surface area contributed by atoms with Gasteiger partial charge in [0.25, 0.3) is 0 Å². The first-order valence-electron chi connectivity index (χ1n) is 7.86. The molecule has 0 aliphatic carbocycles. The molecule has 1 amide bonds. The van der Waals surface area contributed by atoms with E-state index in [1.165, 1.54) is 28.7 Å². The maximum atomic E-state index is 12.1. The Morgan fingerprint density at radius 2 is 1.92 bits per heavy atom. The van der Waals surface area contributed by atoms with E-state index in [0.29, 0.717) is 10.9 Å². The number of aryl methyl sites for hydroxylation is 1. The summed E-state index contributed by atoms with van der Waals surface area (Å²) in [5, 5.41) is 15.1. The number of hydrogen-bond acceptors (Lipinski definition) is 7. The van der Waals surface area contributed by atoms with Gasteiger partial charge in [-0.3, -0.25) is 4.79 Å². The smallest absolute Gasteiger partial charge is 0.234 e. The van der Waals surface area contributed by atoms with E-state index in [1.54, 1.807) is 11.8 Å². The number of anilines is 3. The van der Waals surface area contributed by atoms with Gasteiger partial charge in [0.15, 0.2) is 4.34 Å². The van der Waals surface area contributed by atoms with Gasteiger partial charge in [-0.25, -0.2) is 0 Å². The maximum Gasteiger partial charge on any atom is 0.234 e. The van der Waals surface area contributed by atoms with Gasteiger partial charge in [0.2, 0.25) is 11.0 Å². The molecule has 0 fully saturated rings. The summed E-state index contributed by atoms with van der Waals surface area (Å²) in [7, 11) is 0. The number of benzene rings is 2. The zero-order chi connectivity index (χ0) is 18.4. The van der Waals surface area contributed by atoms with Gasteiger partial charge in [-0.2, -0.15) is 0 Å². The molecule has 134 valence electrons. The van der Waals surface area contributed by atoms with E-state index in [-0.39, 0.29) is 5.91 Å². The van der Waals surface area contributed by atoms with Crippen LogP contribution in [0.4, 0.5) is 16.5 Å². The second kappa shape index (κ2) is 9.07. The van der Waals surface area contributed by atoms with Gasteiger partial charge in [-0.1, -0.05) is 41.3 Å². The Kier molecular flexibility index (Phi) is 6.54. The molecule has 1 heterocycles. The first kappa shape index (κ1) is 18.8. The molecule has 3 aromatic rings. The molecule has 2 aromatic carbocycles. The van der Waals surface area contributed by atoms with E-state index in [9.17, 15) is 4.79 Å². The van der Waals surface area contributed by atoms with E-state index in [2.05, 4.69) is 20.8 Å². The molecule has 26 heavy (non-hydrogen) atoms. The minimum atomic E-state index is -0.0587. The summed E-state index contributed by atoms with van der Waals surface area (Å²) in [5.41, 5.74) is 2.96. The molecule has 0 aliphatic rings. The van der Waals surface area contributed by atoms with Crippen LogP contribution in [0.25, 0.3) is 0 Å². The van der Waals surface area contributed by atoms with Crippen molar-refractivity contribution in [2.75, 3.05) is 22.6 Å². The summed E-state index contributed by atoms with van der Waals surface area (Å²) in [6, 6.07) is 15.9. The number of carbonyl (C=O) groups is 1. The van der Waals surface area contributed by atoms with Gasteiger partial charge in [0.05, 0.1) is 5.75 Å². The van der Waals surface area contributed by atoms with Crippen molar-refractivity contribution in [1.82, 2.24) is 10.2 Å². The number of thioether (sulfide) groups is 2. The Balaban J connectivity index is 1.51. The molecule has 0 radical (unpaired) electrons. The molecule has 0 unspecified atom stereocenters. The number of hydrogen-bond donors (Lipinski definition) is 2. The van der Waals surface area contributed by atoms with Crippen LogP contribution in [0.2, 0.25) is 0 Å². The molecule has 3 rings (SSSR count). The monoisotopic (exact) mass is 402 g/mol. The molecule has 2 N–H and O–H groups in total. The molecule has 1 aromatic heterocycles. The van der Waals surface area contributed by atoms with Crippen LogP contribution in [0.5, 0.6) is 0 Å². The van der Waals surface area contributed by atoms with Crippen LogP contribution < -0.4 is 10.6 Å². The molecule has 0 spiro atoms. The van der Waals surface area contributed by atoms with Gasteiger partial charge in [-0.05, 0) is 49.1 Å². The maximum absolute atomic E-state index is 12.1. The summed E-state index contributed by atoms with van der Waals surface area (Å²) in [6.07, 6.45) is 2.01. The van der Waals surface area contributed by atoms with Crippen LogP contribution in [0.15, 0.2) is 57.8 Å². The Hall–Kier alpha value is -2.03. The summed E-state index contributed by atoms with van der Waals surface area (Å²) < 4.78 is 0.758. The van der Waals surface area contributed by atoms with E-state index in [0.717, 1.165) is 20.6 Å². The van der Waals surface area contributed by atoms with Crippen molar-refractivity contribution in [1.29, 1.82) is 0 Å². The molecule has 0 saturated heterocycles. The Morgan fingerprint density at radius 1 is 1.12 bits per heavy atom. The van der Waals surface area contributed by atoms with Crippen molar-refractivity contribution in [3.63, 3.8) is 0 Å². The van der Waals surface area contributed by atoms with Crippen molar-refractivity contribution in [3.8, 4) is 0 Å². The second-order valence-corrected chi connectivity index (χ2v) is 8.52. The number of aromatic nitrogens is 2. The minimum absolute atomic E-state index is 0.0587. The highest BCUT2D eigenvalue weighted by Gasteiger charge is 2.09. The number of carbonyl (C=O) groups excluding carboxylic acids is 1. The highest BCUT2D eigenvalue weighted by atomic mass is 32.2. The summed E-state index contributed by atoms with van der Waals surface area (Å²) in [6.45, 7) is 2.04. The number of amides is 1. The van der Waals surface area contributed by atoms with Crippen molar-refractivity contribution in [2.45, 2.75) is 16.2 Å². The molecule has 0 saturated carbocycles. The minimum Gasteiger partial charge on any atom is -0.330 e. The summed E-state index contributed by atoms with van der Waals surface area (Å²) in [5.74, 6) is 0.236. The highest BCUT2D eigenvalue weighted by Crippen LogP contribution is 2.28. The molecule has 8 heteroatoms. The van der Waals surface area contributed by atoms with E-state index >= 15 is 0 Å². The number of rotatable bonds is 7. The third-order valence-corrected chi connectivity index (χ3v) is 6.05. The lowest BCUT2D eigenvalue weighted by Gasteiger charge is -2.05. The van der Waals surface area contributed by atoms with Crippen LogP contribution in [0, 0.1) is 6.92 Å². The van der Waals surface area contributed by atoms with Crippen molar-refractivity contribution in [2.24, 2.45) is 0 Å². The van der Waals surface area contributed by atoms with E-state index < -0.39 is 0 Å². The van der Waals surface area contributed by atoms with E-state index in [1.807, 2.05) is 61.7 Å². The van der Waals surface area contributed by atoms with Crippen LogP contribution in [-0.2, 0) is 4.79 Å². The average molecular weight is 403 g/mol. The molecule has 5 nitrogen and oxygen atoms in total. The summed E-state index contributed by atoms with van der Waals surface area (Å²) >= 11 is 4.46. The van der Waals surface area contributed by atoms with Crippen LogP contribution in [0.1, 0.15) is 5.56 Å². The fraction of sp³-hybridized carbons (Fsp3) is 0.167.